The van der Waals surface area contributed by atoms with E-state index < -0.39 is 10.0 Å². The minimum atomic E-state index is -3.56. The van der Waals surface area contributed by atoms with Gasteiger partial charge in [0.05, 0.1) is 11.4 Å². The van der Waals surface area contributed by atoms with Gasteiger partial charge in [0.25, 0.3) is 0 Å². The third-order valence-corrected chi connectivity index (χ3v) is 6.66. The molecule has 0 amide bonds. The molecule has 1 unspecified atom stereocenters. The lowest BCUT2D eigenvalue weighted by molar-refractivity contribution is 0.118. The Morgan fingerprint density at radius 2 is 2.00 bits per heavy atom. The van der Waals surface area contributed by atoms with Gasteiger partial charge < -0.3 is 9.64 Å². The first-order chi connectivity index (χ1) is 10.8. The van der Waals surface area contributed by atoms with Crippen molar-refractivity contribution in [3.8, 4) is 0 Å². The minimum absolute atomic E-state index is 0.00271. The van der Waals surface area contributed by atoms with E-state index in [-0.39, 0.29) is 12.8 Å². The van der Waals surface area contributed by atoms with Crippen LogP contribution in [0.1, 0.15) is 31.2 Å². The third-order valence-electron chi connectivity index (χ3n) is 4.45. The molecule has 8 heteroatoms. The Morgan fingerprint density at radius 3 is 2.61 bits per heavy atom. The fourth-order valence-electron chi connectivity index (χ4n) is 3.29. The molecule has 1 aromatic heterocycles. The van der Waals surface area contributed by atoms with Crippen LogP contribution in [0.4, 0.5) is 0 Å². The lowest BCUT2D eigenvalue weighted by atomic mass is 10.2. The SMILES string of the molecule is CCC1CN(C)CCCN1S(=O)(=O)c1c(C)nn(COC)c1C. The van der Waals surface area contributed by atoms with E-state index in [1.54, 1.807) is 29.9 Å². The van der Waals surface area contributed by atoms with E-state index in [1.807, 2.05) is 14.0 Å². The largest absolute Gasteiger partial charge is 0.362 e. The van der Waals surface area contributed by atoms with Crippen molar-refractivity contribution in [3.05, 3.63) is 11.4 Å². The van der Waals surface area contributed by atoms with Crippen molar-refractivity contribution >= 4 is 10.0 Å². The van der Waals surface area contributed by atoms with Crippen molar-refractivity contribution in [2.45, 2.75) is 51.3 Å². The van der Waals surface area contributed by atoms with Crippen molar-refractivity contribution in [2.75, 3.05) is 33.8 Å². The van der Waals surface area contributed by atoms with Crippen LogP contribution in [0.5, 0.6) is 0 Å². The number of nitrogens with zero attached hydrogens (tertiary/aromatic N) is 4. The van der Waals surface area contributed by atoms with Gasteiger partial charge in [-0.05, 0) is 40.3 Å². The average molecular weight is 344 g/mol. The van der Waals surface area contributed by atoms with Crippen LogP contribution in [0.15, 0.2) is 4.90 Å². The van der Waals surface area contributed by atoms with E-state index in [1.165, 1.54) is 0 Å². The molecule has 2 heterocycles. The quantitative estimate of drug-likeness (QED) is 0.803. The van der Waals surface area contributed by atoms with Gasteiger partial charge in [0.15, 0.2) is 0 Å². The van der Waals surface area contributed by atoms with Gasteiger partial charge in [-0.25, -0.2) is 13.1 Å². The van der Waals surface area contributed by atoms with Gasteiger partial charge in [0.2, 0.25) is 10.0 Å². The summed E-state index contributed by atoms with van der Waals surface area (Å²) in [7, 11) is 0.0582. The van der Waals surface area contributed by atoms with E-state index in [9.17, 15) is 8.42 Å². The number of hydrogen-bond acceptors (Lipinski definition) is 5. The Kier molecular flexibility index (Phi) is 5.83. The van der Waals surface area contributed by atoms with Crippen LogP contribution in [0.25, 0.3) is 0 Å². The molecule has 0 N–H and O–H groups in total. The Balaban J connectivity index is 2.44. The number of sulfonamides is 1. The molecule has 0 bridgehead atoms. The second-order valence-corrected chi connectivity index (χ2v) is 8.04. The standard InChI is InChI=1S/C15H28N4O3S/c1-6-14-10-17(4)8-7-9-19(14)23(20,21)15-12(2)16-18(11-22-5)13(15)3/h14H,6-11H2,1-5H3. The zero-order chi connectivity index (χ0) is 17.2. The van der Waals surface area contributed by atoms with Crippen molar-refractivity contribution < 1.29 is 13.2 Å². The number of aromatic nitrogens is 2. The van der Waals surface area contributed by atoms with Crippen molar-refractivity contribution in [1.29, 1.82) is 0 Å². The molecule has 7 nitrogen and oxygen atoms in total. The molecule has 132 valence electrons. The smallest absolute Gasteiger partial charge is 0.247 e. The maximum atomic E-state index is 13.3. The predicted octanol–water partition coefficient (Wildman–Crippen LogP) is 1.21. The normalized spacial score (nSPS) is 21.5. The molecule has 0 aromatic carbocycles. The number of methoxy groups -OCH3 is 1. The fourth-order valence-corrected chi connectivity index (χ4v) is 5.39. The highest BCUT2D eigenvalue weighted by atomic mass is 32.2. The lowest BCUT2D eigenvalue weighted by Crippen LogP contribution is -2.43. The summed E-state index contributed by atoms with van der Waals surface area (Å²) in [5.74, 6) is 0. The monoisotopic (exact) mass is 344 g/mol. The molecular weight excluding hydrogens is 316 g/mol. The molecule has 1 aliphatic heterocycles. The summed E-state index contributed by atoms with van der Waals surface area (Å²) in [6.45, 7) is 8.07. The Labute approximate surface area is 139 Å². The fraction of sp³-hybridized carbons (Fsp3) is 0.800. The summed E-state index contributed by atoms with van der Waals surface area (Å²) >= 11 is 0. The zero-order valence-corrected chi connectivity index (χ0v) is 15.6. The van der Waals surface area contributed by atoms with Gasteiger partial charge in [-0.2, -0.15) is 9.40 Å². The number of aryl methyl sites for hydroxylation is 1. The van der Waals surface area contributed by atoms with Crippen LogP contribution in [0.3, 0.4) is 0 Å². The van der Waals surface area contributed by atoms with Crippen LogP contribution >= 0.6 is 0 Å². The van der Waals surface area contributed by atoms with Crippen molar-refractivity contribution in [2.24, 2.45) is 0 Å². The predicted molar refractivity (Wildman–Crippen MR) is 88.8 cm³/mol. The molecule has 0 aliphatic carbocycles. The second-order valence-electron chi connectivity index (χ2n) is 6.21. The molecule has 1 saturated heterocycles. The van der Waals surface area contributed by atoms with E-state index in [2.05, 4.69) is 10.00 Å². The first kappa shape index (κ1) is 18.4. The lowest BCUT2D eigenvalue weighted by Gasteiger charge is -2.29. The van der Waals surface area contributed by atoms with E-state index >= 15 is 0 Å². The van der Waals surface area contributed by atoms with Gasteiger partial charge in [-0.1, -0.05) is 6.92 Å². The maximum absolute atomic E-state index is 13.3. The highest BCUT2D eigenvalue weighted by Crippen LogP contribution is 2.27. The number of rotatable bonds is 5. The van der Waals surface area contributed by atoms with Crippen molar-refractivity contribution in [1.82, 2.24) is 19.0 Å². The number of likely N-dealkylation sites (N-methyl/N-ethyl adjacent to an activating group) is 1. The first-order valence-electron chi connectivity index (χ1n) is 8.06. The van der Waals surface area contributed by atoms with Gasteiger partial charge in [0.1, 0.15) is 11.6 Å². The van der Waals surface area contributed by atoms with Gasteiger partial charge in [-0.3, -0.25) is 0 Å². The molecule has 1 aliphatic rings. The van der Waals surface area contributed by atoms with Gasteiger partial charge >= 0.3 is 0 Å². The van der Waals surface area contributed by atoms with Crippen molar-refractivity contribution in [3.63, 3.8) is 0 Å². The third kappa shape index (κ3) is 3.60. The molecule has 0 spiro atoms. The summed E-state index contributed by atoms with van der Waals surface area (Å²) in [6, 6.07) is -0.00271. The van der Waals surface area contributed by atoms with Crippen LogP contribution in [0.2, 0.25) is 0 Å². The summed E-state index contributed by atoms with van der Waals surface area (Å²) in [5, 5.41) is 4.33. The van der Waals surface area contributed by atoms with Gasteiger partial charge in [0, 0.05) is 26.2 Å². The summed E-state index contributed by atoms with van der Waals surface area (Å²) in [4.78, 5) is 2.54. The Morgan fingerprint density at radius 1 is 1.30 bits per heavy atom. The summed E-state index contributed by atoms with van der Waals surface area (Å²) in [5.41, 5.74) is 1.17. The van der Waals surface area contributed by atoms with Crippen LogP contribution in [-0.4, -0.2) is 67.2 Å². The van der Waals surface area contributed by atoms with Crippen LogP contribution in [-0.2, 0) is 21.5 Å². The number of hydrogen-bond donors (Lipinski definition) is 0. The highest BCUT2D eigenvalue weighted by molar-refractivity contribution is 7.89. The summed E-state index contributed by atoms with van der Waals surface area (Å²) < 4.78 is 34.9. The first-order valence-corrected chi connectivity index (χ1v) is 9.50. The number of ether oxygens (including phenoxy) is 1. The van der Waals surface area contributed by atoms with Gasteiger partial charge in [-0.15, -0.1) is 0 Å². The molecule has 1 aromatic rings. The molecule has 1 atom stereocenters. The summed E-state index contributed by atoms with van der Waals surface area (Å²) in [6.07, 6.45) is 1.64. The second kappa shape index (κ2) is 7.29. The maximum Gasteiger partial charge on any atom is 0.247 e. The average Bonchev–Trinajstić information content (AvgIpc) is 2.66. The van der Waals surface area contributed by atoms with Crippen LogP contribution < -0.4 is 0 Å². The van der Waals surface area contributed by atoms with E-state index in [0.29, 0.717) is 22.8 Å². The molecule has 23 heavy (non-hydrogen) atoms. The molecule has 0 radical (unpaired) electrons. The molecular formula is C15H28N4O3S. The molecule has 1 fully saturated rings. The molecule has 2 rings (SSSR count). The minimum Gasteiger partial charge on any atom is -0.362 e. The Bertz CT molecular complexity index is 641. The topological polar surface area (TPSA) is 67.7 Å². The highest BCUT2D eigenvalue weighted by Gasteiger charge is 2.36. The Hall–Kier alpha value is -0.960. The van der Waals surface area contributed by atoms with Crippen LogP contribution in [0, 0.1) is 13.8 Å². The zero-order valence-electron chi connectivity index (χ0n) is 14.7. The van der Waals surface area contributed by atoms with E-state index in [0.717, 1.165) is 25.9 Å². The molecule has 0 saturated carbocycles. The van der Waals surface area contributed by atoms with E-state index in [4.69, 9.17) is 4.74 Å².